The highest BCUT2D eigenvalue weighted by Gasteiger charge is 2.66. The number of ether oxygens (including phenoxy) is 6. The van der Waals surface area contributed by atoms with E-state index in [0.717, 1.165) is 27.8 Å². The van der Waals surface area contributed by atoms with Crippen LogP contribution in [0.3, 0.4) is 0 Å². The van der Waals surface area contributed by atoms with Gasteiger partial charge in [-0.15, -0.1) is 0 Å². The fraction of sp³-hybridized carbons (Fsp3) is 0.304. The highest BCUT2D eigenvalue weighted by Crippen LogP contribution is 2.47. The topological polar surface area (TPSA) is 114 Å². The Bertz CT molecular complexity index is 2110. The van der Waals surface area contributed by atoms with Crippen molar-refractivity contribution in [2.75, 3.05) is 13.1 Å². The van der Waals surface area contributed by atoms with Gasteiger partial charge in [0, 0.05) is 17.7 Å². The van der Waals surface area contributed by atoms with E-state index in [1.54, 1.807) is 24.3 Å². The Hall–Kier alpha value is -5.52. The van der Waals surface area contributed by atoms with Crippen LogP contribution in [0.15, 0.2) is 127 Å². The first-order valence-electron chi connectivity index (χ1n) is 18.9. The number of aryl methyl sites for hydroxylation is 2. The Labute approximate surface area is 328 Å². The summed E-state index contributed by atoms with van der Waals surface area (Å²) < 4.78 is 38.5. The summed E-state index contributed by atoms with van der Waals surface area (Å²) in [4.78, 5) is 27.3. The van der Waals surface area contributed by atoms with Crippen LogP contribution in [0.1, 0.15) is 62.4 Å². The zero-order chi connectivity index (χ0) is 39.1. The van der Waals surface area contributed by atoms with Gasteiger partial charge in [-0.3, -0.25) is 9.59 Å². The quantitative estimate of drug-likeness (QED) is 0.113. The highest BCUT2D eigenvalue weighted by molar-refractivity contribution is 5.95. The van der Waals surface area contributed by atoms with Crippen molar-refractivity contribution in [3.05, 3.63) is 166 Å². The van der Waals surface area contributed by atoms with Crippen LogP contribution in [0.25, 0.3) is 0 Å². The standard InChI is InChI=1S/C46H48N2O8/c1-31-20-21-36(24-32(31)2)42(49)47-26-40-41-46(56-45(3,4)55-41,44(54-40)53-29-35-18-12-7-13-19-35)30-48-43(50)37-22-23-38(51-27-33-14-8-5-9-15-33)39(25-37)52-28-34-16-10-6-11-17-34/h5-25,40-41,44H,26-30H2,1-4H3,(H,47,49)(H,48,50)/t40-,41-,44-,46-/m1/s1. The zero-order valence-electron chi connectivity index (χ0n) is 32.2. The lowest BCUT2D eigenvalue weighted by atomic mass is 9.94. The normalized spacial score (nSPS) is 20.9. The molecule has 5 aromatic carbocycles. The number of carbonyl (C=O) groups is 2. The van der Waals surface area contributed by atoms with Crippen molar-refractivity contribution in [2.45, 2.75) is 77.4 Å². The third-order valence-electron chi connectivity index (χ3n) is 10.0. The molecule has 2 aliphatic rings. The minimum Gasteiger partial charge on any atom is -0.485 e. The van der Waals surface area contributed by atoms with Gasteiger partial charge in [-0.05, 0) is 85.8 Å². The lowest BCUT2D eigenvalue weighted by Crippen LogP contribution is -2.56. The molecule has 0 aliphatic carbocycles. The van der Waals surface area contributed by atoms with E-state index in [0.29, 0.717) is 29.2 Å². The number of hydrogen-bond acceptors (Lipinski definition) is 8. The third kappa shape index (κ3) is 9.12. The molecule has 2 N–H and O–H groups in total. The van der Waals surface area contributed by atoms with E-state index in [-0.39, 0.29) is 38.1 Å². The monoisotopic (exact) mass is 756 g/mol. The Kier molecular flexibility index (Phi) is 11.8. The van der Waals surface area contributed by atoms with Crippen LogP contribution < -0.4 is 20.1 Å². The molecule has 4 atom stereocenters. The number of nitrogens with one attached hydrogen (secondary N) is 2. The van der Waals surface area contributed by atoms with Crippen molar-refractivity contribution < 1.29 is 38.0 Å². The van der Waals surface area contributed by atoms with Crippen LogP contribution in [-0.2, 0) is 38.8 Å². The molecule has 10 nitrogen and oxygen atoms in total. The lowest BCUT2D eigenvalue weighted by Gasteiger charge is -2.33. The molecule has 7 rings (SSSR count). The van der Waals surface area contributed by atoms with E-state index in [9.17, 15) is 9.59 Å². The zero-order valence-corrected chi connectivity index (χ0v) is 32.2. The highest BCUT2D eigenvalue weighted by atomic mass is 16.8. The fourth-order valence-electron chi connectivity index (χ4n) is 7.02. The average molecular weight is 757 g/mol. The van der Waals surface area contributed by atoms with Crippen molar-refractivity contribution in [3.8, 4) is 11.5 Å². The Morgan fingerprint density at radius 3 is 1.82 bits per heavy atom. The molecule has 2 saturated heterocycles. The fourth-order valence-corrected chi connectivity index (χ4v) is 7.02. The Morgan fingerprint density at radius 1 is 0.643 bits per heavy atom. The molecule has 10 heteroatoms. The molecular formula is C46H48N2O8. The molecule has 0 spiro atoms. The number of benzene rings is 5. The van der Waals surface area contributed by atoms with Crippen molar-refractivity contribution in [1.82, 2.24) is 10.6 Å². The number of carbonyl (C=O) groups excluding carboxylic acids is 2. The molecule has 0 radical (unpaired) electrons. The molecule has 0 unspecified atom stereocenters. The first kappa shape index (κ1) is 38.7. The summed E-state index contributed by atoms with van der Waals surface area (Å²) in [5, 5.41) is 6.10. The second kappa shape index (κ2) is 17.1. The van der Waals surface area contributed by atoms with Crippen molar-refractivity contribution in [1.29, 1.82) is 0 Å². The van der Waals surface area contributed by atoms with Crippen molar-refractivity contribution >= 4 is 11.8 Å². The van der Waals surface area contributed by atoms with E-state index in [1.165, 1.54) is 0 Å². The summed E-state index contributed by atoms with van der Waals surface area (Å²) in [6, 6.07) is 40.1. The van der Waals surface area contributed by atoms with Crippen LogP contribution in [-0.4, -0.2) is 54.8 Å². The van der Waals surface area contributed by atoms with Gasteiger partial charge in [-0.1, -0.05) is 97.1 Å². The van der Waals surface area contributed by atoms with E-state index in [1.807, 2.05) is 131 Å². The minimum atomic E-state index is -1.25. The molecule has 56 heavy (non-hydrogen) atoms. The van der Waals surface area contributed by atoms with E-state index >= 15 is 0 Å². The summed E-state index contributed by atoms with van der Waals surface area (Å²) in [5.41, 5.74) is 4.71. The predicted octanol–water partition coefficient (Wildman–Crippen LogP) is 7.45. The van der Waals surface area contributed by atoms with Crippen molar-refractivity contribution in [3.63, 3.8) is 0 Å². The van der Waals surface area contributed by atoms with Crippen LogP contribution in [0.5, 0.6) is 11.5 Å². The van der Waals surface area contributed by atoms with E-state index < -0.39 is 29.9 Å². The van der Waals surface area contributed by atoms with E-state index in [2.05, 4.69) is 10.6 Å². The molecule has 0 bridgehead atoms. The molecule has 2 amide bonds. The summed E-state index contributed by atoms with van der Waals surface area (Å²) in [5.74, 6) is -0.690. The number of rotatable bonds is 15. The van der Waals surface area contributed by atoms with Gasteiger partial charge in [0.15, 0.2) is 29.2 Å². The third-order valence-corrected chi connectivity index (χ3v) is 10.0. The van der Waals surface area contributed by atoms with Crippen LogP contribution in [0.2, 0.25) is 0 Å². The summed E-state index contributed by atoms with van der Waals surface area (Å²) in [7, 11) is 0. The number of amides is 2. The SMILES string of the molecule is Cc1ccc(C(=O)NC[C@H]2O[C@@H](OCc3ccccc3)[C@]3(CNC(=O)c4ccc(OCc5ccccc5)c(OCc5ccccc5)c4)OC(C)(C)O[C@H]23)cc1C. The van der Waals surface area contributed by atoms with Gasteiger partial charge >= 0.3 is 0 Å². The van der Waals surface area contributed by atoms with Gasteiger partial charge in [0.2, 0.25) is 0 Å². The van der Waals surface area contributed by atoms with Crippen LogP contribution in [0.4, 0.5) is 0 Å². The second-order valence-corrected chi connectivity index (χ2v) is 14.7. The van der Waals surface area contributed by atoms with Crippen LogP contribution in [0, 0.1) is 13.8 Å². The molecule has 2 aliphatic heterocycles. The van der Waals surface area contributed by atoms with Crippen molar-refractivity contribution in [2.24, 2.45) is 0 Å². The predicted molar refractivity (Wildman–Crippen MR) is 211 cm³/mol. The lowest BCUT2D eigenvalue weighted by molar-refractivity contribution is -0.260. The average Bonchev–Trinajstić information content (AvgIpc) is 3.65. The largest absolute Gasteiger partial charge is 0.485 e. The summed E-state index contributed by atoms with van der Waals surface area (Å²) >= 11 is 0. The summed E-state index contributed by atoms with van der Waals surface area (Å²) in [6.45, 7) is 8.59. The molecule has 2 fully saturated rings. The maximum atomic E-state index is 14.0. The smallest absolute Gasteiger partial charge is 0.251 e. The maximum Gasteiger partial charge on any atom is 0.251 e. The first-order chi connectivity index (χ1) is 27.1. The Morgan fingerprint density at radius 2 is 1.20 bits per heavy atom. The maximum absolute atomic E-state index is 14.0. The second-order valence-electron chi connectivity index (χ2n) is 14.7. The molecule has 0 saturated carbocycles. The van der Waals surface area contributed by atoms with Gasteiger partial charge in [-0.25, -0.2) is 0 Å². The molecule has 290 valence electrons. The summed E-state index contributed by atoms with van der Waals surface area (Å²) in [6.07, 6.45) is -2.29. The minimum absolute atomic E-state index is 0.00649. The van der Waals surface area contributed by atoms with E-state index in [4.69, 9.17) is 28.4 Å². The molecule has 5 aromatic rings. The first-order valence-corrected chi connectivity index (χ1v) is 18.9. The number of fused-ring (bicyclic) bond motifs is 1. The van der Waals surface area contributed by atoms with Gasteiger partial charge in [0.1, 0.15) is 25.4 Å². The van der Waals surface area contributed by atoms with Crippen LogP contribution >= 0.6 is 0 Å². The Balaban J connectivity index is 1.11. The van der Waals surface area contributed by atoms with Gasteiger partial charge in [-0.2, -0.15) is 0 Å². The van der Waals surface area contributed by atoms with Gasteiger partial charge in [0.25, 0.3) is 11.8 Å². The molecule has 2 heterocycles. The van der Waals surface area contributed by atoms with Gasteiger partial charge in [0.05, 0.1) is 13.2 Å². The molecular weight excluding hydrogens is 709 g/mol. The molecule has 0 aromatic heterocycles. The van der Waals surface area contributed by atoms with Gasteiger partial charge < -0.3 is 39.1 Å². The number of hydrogen-bond donors (Lipinski definition) is 2.